The number of aliphatic hydroxyl groups is 3. The minimum Gasteiger partial charge on any atom is -0.504 e. The minimum atomic E-state index is -1.77. The summed E-state index contributed by atoms with van der Waals surface area (Å²) in [6.07, 6.45) is -6.72. The van der Waals surface area contributed by atoms with Crippen molar-refractivity contribution in [1.82, 2.24) is 0 Å². The summed E-state index contributed by atoms with van der Waals surface area (Å²) < 4.78 is 21.0. The summed E-state index contributed by atoms with van der Waals surface area (Å²) in [7, 11) is 1.32. The van der Waals surface area contributed by atoms with Crippen molar-refractivity contribution < 1.29 is 59.5 Å². The number of carbonyl (C=O) groups excluding carboxylic acids is 1. The number of rotatable bonds is 7. The molecule has 34 heavy (non-hydrogen) atoms. The van der Waals surface area contributed by atoms with E-state index >= 15 is 0 Å². The van der Waals surface area contributed by atoms with Crippen LogP contribution in [0.3, 0.4) is 0 Å². The molecule has 5 atom stereocenters. The van der Waals surface area contributed by atoms with Gasteiger partial charge in [-0.25, -0.2) is 4.79 Å². The third-order valence-corrected chi connectivity index (χ3v) is 5.11. The van der Waals surface area contributed by atoms with Crippen molar-refractivity contribution in [2.24, 2.45) is 0 Å². The van der Waals surface area contributed by atoms with Gasteiger partial charge in [0.2, 0.25) is 12.0 Å². The van der Waals surface area contributed by atoms with Crippen molar-refractivity contribution in [2.75, 3.05) is 13.7 Å². The van der Waals surface area contributed by atoms with Gasteiger partial charge < -0.3 is 54.7 Å². The van der Waals surface area contributed by atoms with Gasteiger partial charge in [-0.1, -0.05) is 12.7 Å². The molecule has 1 saturated heterocycles. The molecular weight excluding hydrogens is 456 g/mol. The summed E-state index contributed by atoms with van der Waals surface area (Å²) in [5, 5.41) is 69.5. The number of aromatic hydroxyl groups is 4. The quantitative estimate of drug-likeness (QED) is 0.210. The predicted octanol–water partition coefficient (Wildman–Crippen LogP) is 0.204. The van der Waals surface area contributed by atoms with Gasteiger partial charge >= 0.3 is 5.97 Å². The number of esters is 1. The van der Waals surface area contributed by atoms with E-state index in [1.54, 1.807) is 0 Å². The molecule has 0 spiro atoms. The van der Waals surface area contributed by atoms with Gasteiger partial charge in [-0.05, 0) is 29.8 Å². The van der Waals surface area contributed by atoms with Gasteiger partial charge in [-0.15, -0.1) is 0 Å². The Morgan fingerprint density at radius 1 is 0.971 bits per heavy atom. The zero-order valence-electron chi connectivity index (χ0n) is 17.9. The molecule has 2 aromatic carbocycles. The maximum absolute atomic E-state index is 12.3. The molecule has 184 valence electrons. The van der Waals surface area contributed by atoms with E-state index in [2.05, 4.69) is 6.58 Å². The number of phenolic OH excluding ortho intramolecular Hbond substituents is 4. The molecule has 2 aromatic rings. The van der Waals surface area contributed by atoms with E-state index in [9.17, 15) is 40.5 Å². The smallest absolute Gasteiger partial charge is 0.338 e. The Bertz CT molecular complexity index is 1050. The number of hydrogen-bond acceptors (Lipinski definition) is 12. The Hall–Kier alpha value is -3.71. The van der Waals surface area contributed by atoms with E-state index in [-0.39, 0.29) is 17.1 Å². The molecule has 12 heteroatoms. The van der Waals surface area contributed by atoms with Crippen molar-refractivity contribution in [3.05, 3.63) is 42.0 Å². The van der Waals surface area contributed by atoms with E-state index < -0.39 is 66.3 Å². The highest BCUT2D eigenvalue weighted by Gasteiger charge is 2.45. The number of methoxy groups -OCH3 is 1. The lowest BCUT2D eigenvalue weighted by atomic mass is 9.99. The van der Waals surface area contributed by atoms with Gasteiger partial charge in [0.15, 0.2) is 28.7 Å². The van der Waals surface area contributed by atoms with Gasteiger partial charge in [0.1, 0.15) is 31.0 Å². The largest absolute Gasteiger partial charge is 0.504 e. The highest BCUT2D eigenvalue weighted by molar-refractivity contribution is 5.91. The van der Waals surface area contributed by atoms with Crippen molar-refractivity contribution >= 4 is 12.0 Å². The molecule has 1 aliphatic heterocycles. The standard InChI is InChI=1S/C22H24O12/c1-3-9-4-13(31-2)17(26)14(5-9)33-22-20(29)19(28)18(27)15(34-22)8-32-21(30)10-6-11(23)16(25)12(24)7-10/h3-7,15,18-20,22-29H,1,8H2,2H3/t15-,18-,19+,20-,22-/m1/s1. The normalized spacial score (nSPS) is 24.3. The van der Waals surface area contributed by atoms with E-state index in [0.717, 1.165) is 12.1 Å². The highest BCUT2D eigenvalue weighted by Crippen LogP contribution is 2.39. The Balaban J connectivity index is 1.75. The fourth-order valence-electron chi connectivity index (χ4n) is 3.21. The molecule has 3 rings (SSSR count). The predicted molar refractivity (Wildman–Crippen MR) is 114 cm³/mol. The number of carbonyl (C=O) groups is 1. The fraction of sp³-hybridized carbons (Fsp3) is 0.318. The maximum Gasteiger partial charge on any atom is 0.338 e. The van der Waals surface area contributed by atoms with Crippen molar-refractivity contribution in [1.29, 1.82) is 0 Å². The van der Waals surface area contributed by atoms with E-state index in [1.165, 1.54) is 25.3 Å². The van der Waals surface area contributed by atoms with Gasteiger partial charge in [-0.3, -0.25) is 0 Å². The van der Waals surface area contributed by atoms with Crippen LogP contribution in [0.4, 0.5) is 0 Å². The number of ether oxygens (including phenoxy) is 4. The first-order chi connectivity index (χ1) is 16.1. The molecule has 0 aromatic heterocycles. The van der Waals surface area contributed by atoms with Crippen LogP contribution < -0.4 is 9.47 Å². The molecule has 0 aliphatic carbocycles. The summed E-state index contributed by atoms with van der Waals surface area (Å²) in [5.41, 5.74) is 0.186. The van der Waals surface area contributed by atoms with Crippen LogP contribution in [0.15, 0.2) is 30.8 Å². The van der Waals surface area contributed by atoms with Crippen LogP contribution in [0.1, 0.15) is 15.9 Å². The average molecular weight is 480 g/mol. The Kier molecular flexibility index (Phi) is 7.37. The van der Waals surface area contributed by atoms with Gasteiger partial charge in [0.05, 0.1) is 12.7 Å². The molecule has 0 unspecified atom stereocenters. The highest BCUT2D eigenvalue weighted by atomic mass is 16.7. The molecule has 0 bridgehead atoms. The second kappa shape index (κ2) is 10.1. The molecule has 0 amide bonds. The van der Waals surface area contributed by atoms with Crippen molar-refractivity contribution in [2.45, 2.75) is 30.7 Å². The maximum atomic E-state index is 12.3. The molecule has 0 radical (unpaired) electrons. The fourth-order valence-corrected chi connectivity index (χ4v) is 3.21. The van der Waals surface area contributed by atoms with Gasteiger partial charge in [-0.2, -0.15) is 0 Å². The second-order valence-electron chi connectivity index (χ2n) is 7.37. The molecule has 12 nitrogen and oxygen atoms in total. The van der Waals surface area contributed by atoms with Crippen LogP contribution in [-0.2, 0) is 9.47 Å². The van der Waals surface area contributed by atoms with Crippen molar-refractivity contribution in [3.8, 4) is 34.5 Å². The lowest BCUT2D eigenvalue weighted by molar-refractivity contribution is -0.277. The van der Waals surface area contributed by atoms with Crippen LogP contribution in [0.5, 0.6) is 34.5 Å². The number of aliphatic hydroxyl groups excluding tert-OH is 3. The van der Waals surface area contributed by atoms with Crippen LogP contribution in [0.2, 0.25) is 0 Å². The average Bonchev–Trinajstić information content (AvgIpc) is 2.82. The van der Waals surface area contributed by atoms with Gasteiger partial charge in [0.25, 0.3) is 0 Å². The van der Waals surface area contributed by atoms with Crippen LogP contribution in [-0.4, -0.2) is 86.1 Å². The van der Waals surface area contributed by atoms with Crippen LogP contribution in [0, 0.1) is 0 Å². The summed E-state index contributed by atoms with van der Waals surface area (Å²) in [4.78, 5) is 12.3. The third-order valence-electron chi connectivity index (χ3n) is 5.11. The monoisotopic (exact) mass is 480 g/mol. The molecular formula is C22H24O12. The Labute approximate surface area is 193 Å². The zero-order chi connectivity index (χ0) is 25.2. The van der Waals surface area contributed by atoms with E-state index in [0.29, 0.717) is 5.56 Å². The summed E-state index contributed by atoms with van der Waals surface area (Å²) in [5.74, 6) is -3.94. The first kappa shape index (κ1) is 24.9. The van der Waals surface area contributed by atoms with E-state index in [1.807, 2.05) is 0 Å². The summed E-state index contributed by atoms with van der Waals surface area (Å²) in [6, 6.07) is 4.55. The Morgan fingerprint density at radius 3 is 2.18 bits per heavy atom. The molecule has 1 fully saturated rings. The SMILES string of the molecule is C=Cc1cc(OC)c(O)c(O[C@@H]2O[C@H](COC(=O)c3cc(O)c(O)c(O)c3)[C@@H](O)[C@H](O)[C@H]2O)c1. The topological polar surface area (TPSA) is 196 Å². The first-order valence-electron chi connectivity index (χ1n) is 9.89. The number of benzene rings is 2. The summed E-state index contributed by atoms with van der Waals surface area (Å²) >= 11 is 0. The number of phenols is 4. The zero-order valence-corrected chi connectivity index (χ0v) is 17.9. The minimum absolute atomic E-state index is 0.0455. The van der Waals surface area contributed by atoms with E-state index in [4.69, 9.17) is 18.9 Å². The molecule has 0 saturated carbocycles. The lowest BCUT2D eigenvalue weighted by Gasteiger charge is -2.40. The Morgan fingerprint density at radius 2 is 1.59 bits per heavy atom. The van der Waals surface area contributed by atoms with Gasteiger partial charge in [0, 0.05) is 0 Å². The number of hydrogen-bond donors (Lipinski definition) is 7. The summed E-state index contributed by atoms with van der Waals surface area (Å²) in [6.45, 7) is 2.98. The molecule has 7 N–H and O–H groups in total. The first-order valence-corrected chi connectivity index (χ1v) is 9.89. The molecule has 1 aliphatic rings. The van der Waals surface area contributed by atoms with Crippen LogP contribution in [0.25, 0.3) is 6.08 Å². The molecule has 1 heterocycles. The van der Waals surface area contributed by atoms with Crippen molar-refractivity contribution in [3.63, 3.8) is 0 Å². The second-order valence-corrected chi connectivity index (χ2v) is 7.37. The lowest BCUT2D eigenvalue weighted by Crippen LogP contribution is -2.60. The third kappa shape index (κ3) is 4.94. The van der Waals surface area contributed by atoms with Crippen LogP contribution >= 0.6 is 0 Å².